The minimum atomic E-state index is -3.58. The lowest BCUT2D eigenvalue weighted by atomic mass is 9.97. The maximum atomic E-state index is 11.9. The Labute approximate surface area is 224 Å². The summed E-state index contributed by atoms with van der Waals surface area (Å²) in [5, 5.41) is 9.89. The topological polar surface area (TPSA) is 115 Å². The molecule has 4 rings (SSSR count). The highest BCUT2D eigenvalue weighted by Gasteiger charge is 2.30. The molecular weight excluding hydrogens is 504 g/mol. The second-order valence-corrected chi connectivity index (χ2v) is 12.2. The highest BCUT2D eigenvalue weighted by atomic mass is 32.2. The third-order valence-corrected chi connectivity index (χ3v) is 7.81. The number of carbonyl (C=O) groups is 1. The summed E-state index contributed by atoms with van der Waals surface area (Å²) < 4.78 is 37.5. The SMILES string of the molecule is Cc1cc(OCCC(C)(C)O)nc(C)c1-c1cccc(COc2ccc(C3CC(=O)NS(=O)(=O)C3)cc2)c1. The first-order valence-corrected chi connectivity index (χ1v) is 14.2. The van der Waals surface area contributed by atoms with Crippen LogP contribution < -0.4 is 14.2 Å². The number of nitrogens with zero attached hydrogens (tertiary/aromatic N) is 1. The van der Waals surface area contributed by atoms with Gasteiger partial charge in [0.25, 0.3) is 0 Å². The molecule has 0 aliphatic carbocycles. The lowest BCUT2D eigenvalue weighted by molar-refractivity contribution is -0.119. The van der Waals surface area contributed by atoms with Crippen LogP contribution in [-0.4, -0.2) is 42.4 Å². The summed E-state index contributed by atoms with van der Waals surface area (Å²) in [6.07, 6.45) is 0.660. The molecule has 2 aromatic carbocycles. The number of pyridine rings is 1. The molecule has 202 valence electrons. The number of benzene rings is 2. The Kier molecular flexibility index (Phi) is 8.08. The molecule has 0 spiro atoms. The summed E-state index contributed by atoms with van der Waals surface area (Å²) >= 11 is 0. The molecule has 1 saturated heterocycles. The van der Waals surface area contributed by atoms with Gasteiger partial charge in [0, 0.05) is 36.1 Å². The Balaban J connectivity index is 1.41. The highest BCUT2D eigenvalue weighted by Crippen LogP contribution is 2.30. The van der Waals surface area contributed by atoms with Gasteiger partial charge in [-0.05, 0) is 68.1 Å². The summed E-state index contributed by atoms with van der Waals surface area (Å²) in [5.74, 6) is 0.257. The van der Waals surface area contributed by atoms with E-state index in [1.807, 2.05) is 55.0 Å². The molecule has 1 amide bonds. The molecule has 3 aromatic rings. The molecule has 2 heterocycles. The Bertz CT molecular complexity index is 1390. The molecule has 0 bridgehead atoms. The number of aromatic nitrogens is 1. The fourth-order valence-corrected chi connectivity index (χ4v) is 5.90. The van der Waals surface area contributed by atoms with Gasteiger partial charge in [-0.1, -0.05) is 30.3 Å². The first kappa shape index (κ1) is 27.6. The van der Waals surface area contributed by atoms with E-state index in [9.17, 15) is 18.3 Å². The van der Waals surface area contributed by atoms with Gasteiger partial charge < -0.3 is 14.6 Å². The molecule has 8 nitrogen and oxygen atoms in total. The summed E-state index contributed by atoms with van der Waals surface area (Å²) in [6.45, 7) is 8.23. The predicted octanol–water partition coefficient (Wildman–Crippen LogP) is 4.42. The van der Waals surface area contributed by atoms with Crippen LogP contribution in [0, 0.1) is 13.8 Å². The summed E-state index contributed by atoms with van der Waals surface area (Å²) in [4.78, 5) is 16.3. The second-order valence-electron chi connectivity index (χ2n) is 10.4. The summed E-state index contributed by atoms with van der Waals surface area (Å²) in [6, 6.07) is 17.2. The van der Waals surface area contributed by atoms with Crippen LogP contribution in [0.4, 0.5) is 0 Å². The van der Waals surface area contributed by atoms with Crippen molar-refractivity contribution in [3.8, 4) is 22.8 Å². The lowest BCUT2D eigenvalue weighted by Crippen LogP contribution is -2.40. The number of carbonyl (C=O) groups excluding carboxylic acids is 1. The van der Waals surface area contributed by atoms with Gasteiger partial charge in [-0.25, -0.2) is 13.4 Å². The van der Waals surface area contributed by atoms with E-state index >= 15 is 0 Å². The molecule has 1 aliphatic heterocycles. The third-order valence-electron chi connectivity index (χ3n) is 6.43. The number of hydrogen-bond acceptors (Lipinski definition) is 7. The zero-order valence-corrected chi connectivity index (χ0v) is 23.0. The molecule has 1 fully saturated rings. The van der Waals surface area contributed by atoms with E-state index in [1.54, 1.807) is 26.0 Å². The normalized spacial score (nSPS) is 17.1. The van der Waals surface area contributed by atoms with Crippen LogP contribution in [0.3, 0.4) is 0 Å². The molecular formula is C29H34N2O6S. The van der Waals surface area contributed by atoms with Gasteiger partial charge in [0.1, 0.15) is 12.4 Å². The van der Waals surface area contributed by atoms with Crippen LogP contribution >= 0.6 is 0 Å². The summed E-state index contributed by atoms with van der Waals surface area (Å²) in [5.41, 5.74) is 4.97. The second kappa shape index (κ2) is 11.1. The number of rotatable bonds is 9. The molecule has 1 aromatic heterocycles. The Hall–Kier alpha value is -3.43. The predicted molar refractivity (Wildman–Crippen MR) is 146 cm³/mol. The fraction of sp³-hybridized carbons (Fsp3) is 0.379. The average molecular weight is 539 g/mol. The maximum absolute atomic E-state index is 11.9. The number of sulfonamides is 1. The van der Waals surface area contributed by atoms with Crippen LogP contribution in [0.2, 0.25) is 0 Å². The van der Waals surface area contributed by atoms with Crippen molar-refractivity contribution < 1.29 is 27.8 Å². The van der Waals surface area contributed by atoms with Crippen LogP contribution in [0.15, 0.2) is 54.6 Å². The minimum Gasteiger partial charge on any atom is -0.489 e. The standard InChI is InChI=1S/C29H34N2O6S/c1-19-14-27(36-13-12-29(3,4)33)30-20(2)28(19)23-7-5-6-21(15-23)17-37-25-10-8-22(9-11-25)24-16-26(32)31-38(34,35)18-24/h5-11,14-15,24,33H,12-13,16-18H2,1-4H3,(H,31,32). The average Bonchev–Trinajstić information content (AvgIpc) is 2.81. The Morgan fingerprint density at radius 2 is 1.82 bits per heavy atom. The Morgan fingerprint density at radius 1 is 1.08 bits per heavy atom. The van der Waals surface area contributed by atoms with Crippen molar-refractivity contribution in [1.29, 1.82) is 0 Å². The Morgan fingerprint density at radius 3 is 2.47 bits per heavy atom. The van der Waals surface area contributed by atoms with E-state index in [1.165, 1.54) is 0 Å². The molecule has 0 saturated carbocycles. The number of aryl methyl sites for hydroxylation is 2. The van der Waals surface area contributed by atoms with Gasteiger partial charge in [0.2, 0.25) is 21.8 Å². The zero-order valence-electron chi connectivity index (χ0n) is 22.2. The zero-order chi connectivity index (χ0) is 27.5. The molecule has 1 atom stereocenters. The van der Waals surface area contributed by atoms with Gasteiger partial charge in [0.15, 0.2) is 0 Å². The smallest absolute Gasteiger partial charge is 0.235 e. The largest absolute Gasteiger partial charge is 0.489 e. The number of nitrogens with one attached hydrogen (secondary N) is 1. The first-order chi connectivity index (χ1) is 17.9. The lowest BCUT2D eigenvalue weighted by Gasteiger charge is -2.22. The van der Waals surface area contributed by atoms with Gasteiger partial charge in [-0.2, -0.15) is 0 Å². The maximum Gasteiger partial charge on any atom is 0.235 e. The minimum absolute atomic E-state index is 0.104. The fourth-order valence-electron chi connectivity index (χ4n) is 4.55. The van der Waals surface area contributed by atoms with E-state index < -0.39 is 21.5 Å². The van der Waals surface area contributed by atoms with Crippen molar-refractivity contribution in [2.45, 2.75) is 58.7 Å². The van der Waals surface area contributed by atoms with E-state index in [-0.39, 0.29) is 18.1 Å². The third kappa shape index (κ3) is 7.33. The van der Waals surface area contributed by atoms with Crippen LogP contribution in [0.25, 0.3) is 11.1 Å². The monoisotopic (exact) mass is 538 g/mol. The molecule has 9 heteroatoms. The number of amides is 1. The number of aliphatic hydroxyl groups is 1. The van der Waals surface area contributed by atoms with Crippen molar-refractivity contribution in [1.82, 2.24) is 9.71 Å². The van der Waals surface area contributed by atoms with Gasteiger partial charge in [0.05, 0.1) is 18.0 Å². The van der Waals surface area contributed by atoms with Gasteiger partial charge >= 0.3 is 0 Å². The van der Waals surface area contributed by atoms with Gasteiger partial charge in [-0.15, -0.1) is 0 Å². The van der Waals surface area contributed by atoms with E-state index in [4.69, 9.17) is 9.47 Å². The quantitative estimate of drug-likeness (QED) is 0.415. The van der Waals surface area contributed by atoms with E-state index in [2.05, 4.69) is 11.1 Å². The molecule has 1 unspecified atom stereocenters. The van der Waals surface area contributed by atoms with Crippen molar-refractivity contribution in [2.75, 3.05) is 12.4 Å². The first-order valence-electron chi connectivity index (χ1n) is 12.6. The number of hydrogen-bond donors (Lipinski definition) is 2. The van der Waals surface area contributed by atoms with Crippen molar-refractivity contribution in [3.05, 3.63) is 77.0 Å². The van der Waals surface area contributed by atoms with Gasteiger partial charge in [-0.3, -0.25) is 9.52 Å². The number of ether oxygens (including phenoxy) is 2. The molecule has 2 N–H and O–H groups in total. The highest BCUT2D eigenvalue weighted by molar-refractivity contribution is 7.90. The van der Waals surface area contributed by atoms with Crippen LogP contribution in [-0.2, 0) is 21.4 Å². The molecule has 0 radical (unpaired) electrons. The van der Waals surface area contributed by atoms with E-state index in [0.29, 0.717) is 31.3 Å². The molecule has 38 heavy (non-hydrogen) atoms. The van der Waals surface area contributed by atoms with Crippen LogP contribution in [0.5, 0.6) is 11.6 Å². The summed E-state index contributed by atoms with van der Waals surface area (Å²) in [7, 11) is -3.58. The van der Waals surface area contributed by atoms with Crippen LogP contribution in [0.1, 0.15) is 55.0 Å². The van der Waals surface area contributed by atoms with Crippen molar-refractivity contribution >= 4 is 15.9 Å². The van der Waals surface area contributed by atoms with Crippen molar-refractivity contribution in [2.24, 2.45) is 0 Å². The van der Waals surface area contributed by atoms with Crippen molar-refractivity contribution in [3.63, 3.8) is 0 Å². The van der Waals surface area contributed by atoms with E-state index in [0.717, 1.165) is 33.5 Å². The molecule has 1 aliphatic rings.